The Kier molecular flexibility index (Phi) is 7.54. The van der Waals surface area contributed by atoms with E-state index < -0.39 is 17.2 Å². The van der Waals surface area contributed by atoms with Gasteiger partial charge in [0.2, 0.25) is 0 Å². The van der Waals surface area contributed by atoms with Crippen LogP contribution >= 0.6 is 27.3 Å². The second kappa shape index (κ2) is 10.9. The highest BCUT2D eigenvalue weighted by Gasteiger charge is 2.21. The quantitative estimate of drug-likeness (QED) is 0.178. The molecule has 1 aliphatic carbocycles. The van der Waals surface area contributed by atoms with Crippen molar-refractivity contribution < 1.29 is 9.90 Å². The molecule has 5 aromatic rings. The zero-order valence-corrected chi connectivity index (χ0v) is 23.7. The summed E-state index contributed by atoms with van der Waals surface area (Å²) in [5.41, 5.74) is 3.51. The number of aromatic nitrogens is 2. The van der Waals surface area contributed by atoms with Crippen LogP contribution in [0, 0.1) is 0 Å². The van der Waals surface area contributed by atoms with Gasteiger partial charge in [-0.2, -0.15) is 0 Å². The first-order valence-corrected chi connectivity index (χ1v) is 14.8. The number of aryl methyl sites for hydroxylation is 2. The van der Waals surface area contributed by atoms with Gasteiger partial charge in [-0.25, -0.2) is 9.59 Å². The molecule has 196 valence electrons. The first-order chi connectivity index (χ1) is 18.3. The van der Waals surface area contributed by atoms with Gasteiger partial charge in [-0.1, -0.05) is 65.3 Å². The standard InChI is InChI=1S/C22H23Br.C8H6N2O4S/c1-2-15-6-5-9-20-18(15)10-11-21-19-8-4-3-7-17(19)16(12-13-23)14-22(20)21;1-10-6(11)4-3(7(12)13)2-15-5(4)9-8(10)14/h3-4,7-8,10-11,14-15H,2,5-6,9,12-13H2,1H3;2H,1H3,(H,9,14)(H,12,13). The van der Waals surface area contributed by atoms with Gasteiger partial charge in [-0.15, -0.1) is 11.3 Å². The molecule has 38 heavy (non-hydrogen) atoms. The summed E-state index contributed by atoms with van der Waals surface area (Å²) in [5.74, 6) is -0.417. The number of hydrogen-bond acceptors (Lipinski definition) is 4. The first kappa shape index (κ1) is 26.4. The molecule has 2 N–H and O–H groups in total. The van der Waals surface area contributed by atoms with Crippen molar-refractivity contribution in [2.24, 2.45) is 7.05 Å². The number of benzene rings is 3. The van der Waals surface area contributed by atoms with E-state index in [1.807, 2.05) is 0 Å². The summed E-state index contributed by atoms with van der Waals surface area (Å²) in [7, 11) is 1.30. The van der Waals surface area contributed by atoms with Gasteiger partial charge in [0.1, 0.15) is 4.83 Å². The van der Waals surface area contributed by atoms with Crippen molar-refractivity contribution in [2.75, 3.05) is 5.33 Å². The van der Waals surface area contributed by atoms with Gasteiger partial charge in [-0.05, 0) is 76.3 Å². The minimum Gasteiger partial charge on any atom is -0.478 e. The second-order valence-electron chi connectivity index (χ2n) is 9.70. The molecule has 0 spiro atoms. The third-order valence-corrected chi connectivity index (χ3v) is 8.91. The number of carboxylic acids is 1. The highest BCUT2D eigenvalue weighted by molar-refractivity contribution is 9.09. The van der Waals surface area contributed by atoms with Crippen LogP contribution < -0.4 is 11.2 Å². The van der Waals surface area contributed by atoms with Gasteiger partial charge in [0.05, 0.1) is 10.9 Å². The average Bonchev–Trinajstić information content (AvgIpc) is 3.36. The maximum Gasteiger partial charge on any atom is 0.337 e. The summed E-state index contributed by atoms with van der Waals surface area (Å²) in [5, 5.41) is 17.0. The Morgan fingerprint density at radius 3 is 2.58 bits per heavy atom. The van der Waals surface area contributed by atoms with Crippen molar-refractivity contribution in [1.82, 2.24) is 9.55 Å². The predicted octanol–water partition coefficient (Wildman–Crippen LogP) is 6.75. The van der Waals surface area contributed by atoms with E-state index in [9.17, 15) is 14.4 Å². The highest BCUT2D eigenvalue weighted by Crippen LogP contribution is 2.40. The summed E-state index contributed by atoms with van der Waals surface area (Å²) in [6, 6.07) is 16.2. The third kappa shape index (κ3) is 4.60. The molecule has 3 aromatic carbocycles. The number of rotatable bonds is 4. The van der Waals surface area contributed by atoms with E-state index >= 15 is 0 Å². The number of halogens is 1. The lowest BCUT2D eigenvalue weighted by molar-refractivity contribution is 0.0699. The summed E-state index contributed by atoms with van der Waals surface area (Å²) >= 11 is 4.66. The van der Waals surface area contributed by atoms with E-state index in [2.05, 4.69) is 70.3 Å². The van der Waals surface area contributed by atoms with Gasteiger partial charge < -0.3 is 5.11 Å². The molecule has 2 aromatic heterocycles. The molecule has 1 unspecified atom stereocenters. The number of aromatic carboxylic acids is 1. The number of alkyl halides is 1. The van der Waals surface area contributed by atoms with E-state index in [-0.39, 0.29) is 10.9 Å². The fraction of sp³-hybridized carbons (Fsp3) is 0.300. The van der Waals surface area contributed by atoms with Gasteiger partial charge in [0.25, 0.3) is 5.56 Å². The molecule has 1 aliphatic rings. The molecular weight excluding hydrogens is 564 g/mol. The number of fused-ring (bicyclic) bond motifs is 6. The molecule has 0 fully saturated rings. The summed E-state index contributed by atoms with van der Waals surface area (Å²) in [4.78, 5) is 36.3. The largest absolute Gasteiger partial charge is 0.478 e. The highest BCUT2D eigenvalue weighted by atomic mass is 79.9. The molecule has 8 heteroatoms. The lowest BCUT2D eigenvalue weighted by Crippen LogP contribution is -2.32. The van der Waals surface area contributed by atoms with Gasteiger partial charge in [0, 0.05) is 17.8 Å². The normalized spacial score (nSPS) is 14.9. The fourth-order valence-corrected chi connectivity index (χ4v) is 7.01. The summed E-state index contributed by atoms with van der Waals surface area (Å²) in [6.45, 7) is 2.33. The lowest BCUT2D eigenvalue weighted by Gasteiger charge is -2.26. The van der Waals surface area contributed by atoms with E-state index in [4.69, 9.17) is 5.11 Å². The number of H-pyrrole nitrogens is 1. The molecule has 0 bridgehead atoms. The van der Waals surface area contributed by atoms with Crippen molar-refractivity contribution in [1.29, 1.82) is 0 Å². The summed E-state index contributed by atoms with van der Waals surface area (Å²) < 4.78 is 0.849. The zero-order chi connectivity index (χ0) is 27.0. The molecular formula is C30H29BrN2O4S. The number of nitrogens with one attached hydrogen (secondary N) is 1. The predicted molar refractivity (Wildman–Crippen MR) is 160 cm³/mol. The molecule has 0 aliphatic heterocycles. The van der Waals surface area contributed by atoms with Gasteiger partial charge in [-0.3, -0.25) is 14.3 Å². The fourth-order valence-electron chi connectivity index (χ4n) is 5.67. The Morgan fingerprint density at radius 1 is 1.13 bits per heavy atom. The first-order valence-electron chi connectivity index (χ1n) is 12.8. The number of hydrogen-bond donors (Lipinski definition) is 2. The van der Waals surface area contributed by atoms with Crippen LogP contribution in [0.4, 0.5) is 0 Å². The Hall–Kier alpha value is -3.23. The number of carboxylic acid groups (broad SMARTS) is 1. The average molecular weight is 594 g/mol. The van der Waals surface area contributed by atoms with Crippen LogP contribution in [0.25, 0.3) is 31.8 Å². The van der Waals surface area contributed by atoms with Crippen LogP contribution in [0.1, 0.15) is 59.2 Å². The molecule has 2 heterocycles. The minimum absolute atomic E-state index is 0.0506. The van der Waals surface area contributed by atoms with Crippen molar-refractivity contribution in [3.05, 3.63) is 90.9 Å². The molecule has 0 radical (unpaired) electrons. The van der Waals surface area contributed by atoms with E-state index in [0.29, 0.717) is 4.83 Å². The number of thiophene rings is 1. The maximum atomic E-state index is 11.6. The Labute approximate surface area is 232 Å². The summed E-state index contributed by atoms with van der Waals surface area (Å²) in [6.07, 6.45) is 6.30. The van der Waals surface area contributed by atoms with Gasteiger partial charge >= 0.3 is 11.7 Å². The number of aromatic amines is 1. The molecule has 0 saturated heterocycles. The van der Waals surface area contributed by atoms with Crippen molar-refractivity contribution >= 4 is 65.0 Å². The maximum absolute atomic E-state index is 11.6. The van der Waals surface area contributed by atoms with Crippen LogP contribution in [0.5, 0.6) is 0 Å². The second-order valence-corrected chi connectivity index (χ2v) is 11.4. The zero-order valence-electron chi connectivity index (χ0n) is 21.3. The Balaban J connectivity index is 0.000000170. The lowest BCUT2D eigenvalue weighted by atomic mass is 9.78. The van der Waals surface area contributed by atoms with Gasteiger partial charge in [0.15, 0.2) is 0 Å². The Morgan fingerprint density at radius 2 is 1.87 bits per heavy atom. The number of carbonyl (C=O) groups is 1. The molecule has 6 nitrogen and oxygen atoms in total. The third-order valence-electron chi connectivity index (χ3n) is 7.62. The van der Waals surface area contributed by atoms with Crippen LogP contribution in [0.15, 0.2) is 57.4 Å². The molecule has 0 amide bonds. The van der Waals surface area contributed by atoms with Crippen molar-refractivity contribution in [2.45, 2.75) is 44.9 Å². The van der Waals surface area contributed by atoms with Crippen molar-refractivity contribution in [3.63, 3.8) is 0 Å². The van der Waals surface area contributed by atoms with E-state index in [1.165, 1.54) is 65.2 Å². The smallest absolute Gasteiger partial charge is 0.337 e. The molecule has 0 saturated carbocycles. The van der Waals surface area contributed by atoms with Crippen LogP contribution in [-0.2, 0) is 19.9 Å². The van der Waals surface area contributed by atoms with Crippen LogP contribution in [-0.4, -0.2) is 26.0 Å². The molecule has 1 atom stereocenters. The van der Waals surface area contributed by atoms with E-state index in [0.717, 1.165) is 33.6 Å². The SMILES string of the molecule is CCC1CCCc2c1ccc1c2cc(CCBr)c2ccccc21.Cn1c(=O)[nH]c2scc(C(=O)O)c2c1=O. The van der Waals surface area contributed by atoms with E-state index in [1.54, 1.807) is 11.1 Å². The topological polar surface area (TPSA) is 92.2 Å². The molecule has 6 rings (SSSR count). The monoisotopic (exact) mass is 592 g/mol. The van der Waals surface area contributed by atoms with Crippen LogP contribution in [0.3, 0.4) is 0 Å². The minimum atomic E-state index is -1.18. The van der Waals surface area contributed by atoms with Crippen LogP contribution in [0.2, 0.25) is 0 Å². The van der Waals surface area contributed by atoms with Crippen molar-refractivity contribution in [3.8, 4) is 0 Å². The number of nitrogens with zero attached hydrogens (tertiary/aromatic N) is 1. The Bertz CT molecular complexity index is 1800.